The molecule has 0 radical (unpaired) electrons. The van der Waals surface area contributed by atoms with Gasteiger partial charge in [0.05, 0.1) is 12.5 Å². The van der Waals surface area contributed by atoms with Gasteiger partial charge in [-0.15, -0.1) is 0 Å². The Balaban J connectivity index is 1.82. The fraction of sp³-hybridized carbons (Fsp3) is 0.294. The zero-order chi connectivity index (χ0) is 15.7. The summed E-state index contributed by atoms with van der Waals surface area (Å²) in [6.07, 6.45) is 0. The van der Waals surface area contributed by atoms with Crippen LogP contribution in [0.2, 0.25) is 10.0 Å². The Morgan fingerprint density at radius 2 is 1.82 bits per heavy atom. The van der Waals surface area contributed by atoms with Crippen LogP contribution < -0.4 is 0 Å². The lowest BCUT2D eigenvalue weighted by Gasteiger charge is -2.19. The van der Waals surface area contributed by atoms with Gasteiger partial charge >= 0.3 is 0 Å². The molecule has 2 aromatic carbocycles. The van der Waals surface area contributed by atoms with E-state index in [9.17, 15) is 8.78 Å². The minimum atomic E-state index is -2.82. The molecule has 1 aliphatic heterocycles. The summed E-state index contributed by atoms with van der Waals surface area (Å²) >= 11 is 12.0. The molecular formula is C17H15Cl2F2N. The first-order valence-corrected chi connectivity index (χ1v) is 7.80. The quantitative estimate of drug-likeness (QED) is 0.738. The Kier molecular flexibility index (Phi) is 4.40. The predicted octanol–water partition coefficient (Wildman–Crippen LogP) is 5.23. The summed E-state index contributed by atoms with van der Waals surface area (Å²) in [7, 11) is 0. The van der Waals surface area contributed by atoms with E-state index in [0.717, 1.165) is 5.56 Å². The van der Waals surface area contributed by atoms with Gasteiger partial charge in [0.15, 0.2) is 0 Å². The zero-order valence-corrected chi connectivity index (χ0v) is 13.3. The maximum absolute atomic E-state index is 14.4. The van der Waals surface area contributed by atoms with E-state index < -0.39 is 11.8 Å². The highest BCUT2D eigenvalue weighted by atomic mass is 35.5. The SMILES string of the molecule is FC1(F)CN(Cc2ccccc2)CC1c1cc(Cl)ccc1Cl. The molecule has 1 saturated heterocycles. The number of alkyl halides is 2. The van der Waals surface area contributed by atoms with E-state index in [1.807, 2.05) is 30.3 Å². The Morgan fingerprint density at radius 1 is 1.09 bits per heavy atom. The molecule has 0 spiro atoms. The van der Waals surface area contributed by atoms with Gasteiger partial charge in [0, 0.05) is 23.1 Å². The molecule has 3 rings (SSSR count). The van der Waals surface area contributed by atoms with Crippen LogP contribution in [-0.2, 0) is 6.54 Å². The summed E-state index contributed by atoms with van der Waals surface area (Å²) in [5.41, 5.74) is 1.45. The van der Waals surface area contributed by atoms with Crippen LogP contribution in [0.15, 0.2) is 48.5 Å². The molecule has 5 heteroatoms. The second kappa shape index (κ2) is 6.15. The number of hydrogen-bond donors (Lipinski definition) is 0. The van der Waals surface area contributed by atoms with Gasteiger partial charge < -0.3 is 0 Å². The molecule has 1 fully saturated rings. The third-order valence-corrected chi connectivity index (χ3v) is 4.55. The van der Waals surface area contributed by atoms with Crippen molar-refractivity contribution in [3.8, 4) is 0 Å². The highest BCUT2D eigenvalue weighted by Crippen LogP contribution is 2.43. The maximum Gasteiger partial charge on any atom is 0.268 e. The molecule has 1 unspecified atom stereocenters. The van der Waals surface area contributed by atoms with E-state index in [1.54, 1.807) is 23.1 Å². The van der Waals surface area contributed by atoms with E-state index >= 15 is 0 Å². The lowest BCUT2D eigenvalue weighted by Crippen LogP contribution is -2.26. The fourth-order valence-electron chi connectivity index (χ4n) is 2.93. The Hall–Kier alpha value is -1.16. The number of likely N-dealkylation sites (tertiary alicyclic amines) is 1. The van der Waals surface area contributed by atoms with Gasteiger partial charge in [-0.05, 0) is 29.3 Å². The Labute approximate surface area is 138 Å². The molecule has 1 heterocycles. The molecule has 1 nitrogen and oxygen atoms in total. The third-order valence-electron chi connectivity index (χ3n) is 3.97. The van der Waals surface area contributed by atoms with Crippen molar-refractivity contribution in [3.63, 3.8) is 0 Å². The molecule has 0 bridgehead atoms. The van der Waals surface area contributed by atoms with Crippen molar-refractivity contribution >= 4 is 23.2 Å². The van der Waals surface area contributed by atoms with E-state index in [1.165, 1.54) is 0 Å². The van der Waals surface area contributed by atoms with Crippen LogP contribution in [0.1, 0.15) is 17.0 Å². The van der Waals surface area contributed by atoms with Crippen molar-refractivity contribution in [1.29, 1.82) is 0 Å². The summed E-state index contributed by atoms with van der Waals surface area (Å²) < 4.78 is 28.8. The molecule has 2 aromatic rings. The molecule has 0 aromatic heterocycles. The monoisotopic (exact) mass is 341 g/mol. The van der Waals surface area contributed by atoms with Gasteiger partial charge in [-0.1, -0.05) is 53.5 Å². The second-order valence-corrected chi connectivity index (χ2v) is 6.48. The molecule has 0 N–H and O–H groups in total. The van der Waals surface area contributed by atoms with Gasteiger partial charge in [0.2, 0.25) is 0 Å². The van der Waals surface area contributed by atoms with Gasteiger partial charge in [0.25, 0.3) is 5.92 Å². The smallest absolute Gasteiger partial charge is 0.268 e. The summed E-state index contributed by atoms with van der Waals surface area (Å²) in [4.78, 5) is 1.76. The van der Waals surface area contributed by atoms with E-state index in [0.29, 0.717) is 22.2 Å². The molecule has 0 aliphatic carbocycles. The number of benzene rings is 2. The van der Waals surface area contributed by atoms with Crippen LogP contribution >= 0.6 is 23.2 Å². The number of rotatable bonds is 3. The van der Waals surface area contributed by atoms with Gasteiger partial charge in [0.1, 0.15) is 0 Å². The van der Waals surface area contributed by atoms with Crippen molar-refractivity contribution in [2.45, 2.75) is 18.4 Å². The third kappa shape index (κ3) is 3.27. The minimum absolute atomic E-state index is 0.266. The molecule has 1 aliphatic rings. The number of halogens is 4. The first-order chi connectivity index (χ1) is 10.5. The lowest BCUT2D eigenvalue weighted by atomic mass is 9.95. The van der Waals surface area contributed by atoms with E-state index in [4.69, 9.17) is 23.2 Å². The van der Waals surface area contributed by atoms with Crippen LogP contribution in [0, 0.1) is 0 Å². The van der Waals surface area contributed by atoms with Crippen LogP contribution in [0.5, 0.6) is 0 Å². The first kappa shape index (κ1) is 15.7. The van der Waals surface area contributed by atoms with E-state index in [-0.39, 0.29) is 13.1 Å². The molecule has 1 atom stereocenters. The van der Waals surface area contributed by atoms with Crippen molar-refractivity contribution < 1.29 is 8.78 Å². The van der Waals surface area contributed by atoms with Crippen LogP contribution in [-0.4, -0.2) is 23.9 Å². The summed E-state index contributed by atoms with van der Waals surface area (Å²) in [6.45, 7) is 0.502. The zero-order valence-electron chi connectivity index (χ0n) is 11.8. The van der Waals surface area contributed by atoms with Crippen molar-refractivity contribution in [2.24, 2.45) is 0 Å². The topological polar surface area (TPSA) is 3.24 Å². The Bertz CT molecular complexity index is 661. The average Bonchev–Trinajstić information content (AvgIpc) is 2.77. The lowest BCUT2D eigenvalue weighted by molar-refractivity contribution is -0.00343. The summed E-state index contributed by atoms with van der Waals surface area (Å²) in [5.74, 6) is -3.74. The summed E-state index contributed by atoms with van der Waals surface area (Å²) in [5, 5.41) is 0.771. The van der Waals surface area contributed by atoms with E-state index in [2.05, 4.69) is 0 Å². The average molecular weight is 342 g/mol. The van der Waals surface area contributed by atoms with Crippen molar-refractivity contribution in [1.82, 2.24) is 4.90 Å². The summed E-state index contributed by atoms with van der Waals surface area (Å²) in [6, 6.07) is 14.4. The molecule has 22 heavy (non-hydrogen) atoms. The van der Waals surface area contributed by atoms with Crippen LogP contribution in [0.4, 0.5) is 8.78 Å². The maximum atomic E-state index is 14.4. The molecular weight excluding hydrogens is 327 g/mol. The normalized spacial score (nSPS) is 21.2. The highest BCUT2D eigenvalue weighted by Gasteiger charge is 2.49. The molecule has 0 saturated carbocycles. The van der Waals surface area contributed by atoms with Crippen molar-refractivity contribution in [2.75, 3.05) is 13.1 Å². The largest absolute Gasteiger partial charge is 0.292 e. The molecule has 0 amide bonds. The predicted molar refractivity (Wildman–Crippen MR) is 85.9 cm³/mol. The van der Waals surface area contributed by atoms with Crippen LogP contribution in [0.3, 0.4) is 0 Å². The number of hydrogen-bond acceptors (Lipinski definition) is 1. The van der Waals surface area contributed by atoms with Gasteiger partial charge in [-0.3, -0.25) is 4.90 Å². The molecule has 116 valence electrons. The van der Waals surface area contributed by atoms with Crippen molar-refractivity contribution in [3.05, 3.63) is 69.7 Å². The Morgan fingerprint density at radius 3 is 2.55 bits per heavy atom. The highest BCUT2D eigenvalue weighted by molar-refractivity contribution is 6.33. The van der Waals surface area contributed by atoms with Gasteiger partial charge in [-0.25, -0.2) is 8.78 Å². The van der Waals surface area contributed by atoms with Gasteiger partial charge in [-0.2, -0.15) is 0 Å². The number of nitrogens with zero attached hydrogens (tertiary/aromatic N) is 1. The van der Waals surface area contributed by atoms with Crippen LogP contribution in [0.25, 0.3) is 0 Å². The minimum Gasteiger partial charge on any atom is -0.292 e. The first-order valence-electron chi connectivity index (χ1n) is 7.05. The fourth-order valence-corrected chi connectivity index (χ4v) is 3.36. The standard InChI is InChI=1S/C17H15Cl2F2N/c18-13-6-7-16(19)14(8-13)15-10-22(11-17(15,20)21)9-12-4-2-1-3-5-12/h1-8,15H,9-11H2. The second-order valence-electron chi connectivity index (χ2n) is 5.63.